The molecule has 2 fully saturated rings. The van der Waals surface area contributed by atoms with Crippen molar-refractivity contribution < 1.29 is 0 Å². The fraction of sp³-hybridized carbons (Fsp3) is 0.714. The SMILES string of the molecule is CC(CN1CCN(C)CC1)Nc1nc(C2CC2)nc2sc3c(c12)CCCC3. The second-order valence-electron chi connectivity index (χ2n) is 8.75. The van der Waals surface area contributed by atoms with E-state index in [0.29, 0.717) is 12.0 Å². The Balaban J connectivity index is 1.41. The minimum absolute atomic E-state index is 0.401. The Morgan fingerprint density at radius 1 is 1.11 bits per heavy atom. The number of thiophene rings is 1. The molecule has 2 aromatic heterocycles. The number of aromatic nitrogens is 2. The molecule has 1 N–H and O–H groups in total. The van der Waals surface area contributed by atoms with Crippen molar-refractivity contribution in [2.24, 2.45) is 0 Å². The summed E-state index contributed by atoms with van der Waals surface area (Å²) >= 11 is 1.93. The molecule has 1 aliphatic heterocycles. The summed E-state index contributed by atoms with van der Waals surface area (Å²) in [5.74, 6) is 2.79. The number of hydrogen-bond donors (Lipinski definition) is 1. The maximum Gasteiger partial charge on any atom is 0.139 e. The van der Waals surface area contributed by atoms with Crippen LogP contribution in [0.3, 0.4) is 0 Å². The van der Waals surface area contributed by atoms with Crippen LogP contribution in [0, 0.1) is 0 Å². The number of fused-ring (bicyclic) bond motifs is 3. The first-order valence-corrected chi connectivity index (χ1v) is 11.5. The molecule has 0 radical (unpaired) electrons. The standard InChI is InChI=1S/C21H31N5S/c1-14(13-26-11-9-25(2)10-12-26)22-20-18-16-5-3-4-6-17(16)27-21(18)24-19(23-20)15-7-8-15/h14-15H,3-13H2,1-2H3,(H,22,23,24). The van der Waals surface area contributed by atoms with Crippen molar-refractivity contribution in [2.45, 2.75) is 57.4 Å². The van der Waals surface area contributed by atoms with E-state index < -0.39 is 0 Å². The normalized spacial score (nSPS) is 22.7. The van der Waals surface area contributed by atoms with Gasteiger partial charge in [-0.15, -0.1) is 11.3 Å². The van der Waals surface area contributed by atoms with E-state index >= 15 is 0 Å². The molecule has 5 nitrogen and oxygen atoms in total. The van der Waals surface area contributed by atoms with Crippen LogP contribution in [0.25, 0.3) is 10.2 Å². The van der Waals surface area contributed by atoms with Crippen LogP contribution in [-0.4, -0.2) is 65.6 Å². The number of anilines is 1. The highest BCUT2D eigenvalue weighted by Crippen LogP contribution is 2.43. The lowest BCUT2D eigenvalue weighted by molar-refractivity contribution is 0.151. The predicted molar refractivity (Wildman–Crippen MR) is 113 cm³/mol. The largest absolute Gasteiger partial charge is 0.366 e. The van der Waals surface area contributed by atoms with Gasteiger partial charge in [0.2, 0.25) is 0 Å². The molecule has 2 aliphatic carbocycles. The second kappa shape index (κ2) is 7.30. The summed E-state index contributed by atoms with van der Waals surface area (Å²) in [6, 6.07) is 0.401. The van der Waals surface area contributed by atoms with Gasteiger partial charge in [0.15, 0.2) is 0 Å². The van der Waals surface area contributed by atoms with Crippen molar-refractivity contribution in [3.63, 3.8) is 0 Å². The number of nitrogens with zero attached hydrogens (tertiary/aromatic N) is 4. The van der Waals surface area contributed by atoms with Crippen molar-refractivity contribution in [1.82, 2.24) is 19.8 Å². The molecular weight excluding hydrogens is 354 g/mol. The van der Waals surface area contributed by atoms with E-state index in [4.69, 9.17) is 9.97 Å². The van der Waals surface area contributed by atoms with Gasteiger partial charge in [-0.05, 0) is 58.1 Å². The molecule has 0 amide bonds. The topological polar surface area (TPSA) is 44.3 Å². The van der Waals surface area contributed by atoms with Gasteiger partial charge in [-0.2, -0.15) is 0 Å². The van der Waals surface area contributed by atoms with Gasteiger partial charge in [0.1, 0.15) is 16.5 Å². The van der Waals surface area contributed by atoms with Crippen LogP contribution in [0.5, 0.6) is 0 Å². The van der Waals surface area contributed by atoms with Gasteiger partial charge in [0.05, 0.1) is 5.39 Å². The van der Waals surface area contributed by atoms with Gasteiger partial charge in [-0.25, -0.2) is 9.97 Å². The van der Waals surface area contributed by atoms with Crippen LogP contribution in [0.1, 0.15) is 54.8 Å². The van der Waals surface area contributed by atoms with Crippen LogP contribution in [0.4, 0.5) is 5.82 Å². The first-order chi connectivity index (χ1) is 13.2. The fourth-order valence-electron chi connectivity index (χ4n) is 4.50. The van der Waals surface area contributed by atoms with Crippen molar-refractivity contribution in [1.29, 1.82) is 0 Å². The number of nitrogens with one attached hydrogen (secondary N) is 1. The molecule has 0 spiro atoms. The minimum atomic E-state index is 0.401. The lowest BCUT2D eigenvalue weighted by Crippen LogP contribution is -2.47. The average Bonchev–Trinajstić information content (AvgIpc) is 3.44. The highest BCUT2D eigenvalue weighted by atomic mass is 32.1. The Bertz CT molecular complexity index is 820. The molecule has 5 rings (SSSR count). The molecule has 3 aliphatic rings. The zero-order valence-electron chi connectivity index (χ0n) is 16.6. The summed E-state index contributed by atoms with van der Waals surface area (Å²) in [5.41, 5.74) is 1.54. The molecule has 1 saturated heterocycles. The number of aryl methyl sites for hydroxylation is 2. The van der Waals surface area contributed by atoms with E-state index in [-0.39, 0.29) is 0 Å². The van der Waals surface area contributed by atoms with Crippen LogP contribution in [-0.2, 0) is 12.8 Å². The molecule has 146 valence electrons. The van der Waals surface area contributed by atoms with E-state index in [2.05, 4.69) is 29.1 Å². The molecule has 0 aromatic carbocycles. The molecule has 0 bridgehead atoms. The van der Waals surface area contributed by atoms with Gasteiger partial charge in [-0.1, -0.05) is 0 Å². The van der Waals surface area contributed by atoms with Crippen molar-refractivity contribution >= 4 is 27.4 Å². The fourth-order valence-corrected chi connectivity index (χ4v) is 5.77. The average molecular weight is 386 g/mol. The second-order valence-corrected chi connectivity index (χ2v) is 9.83. The lowest BCUT2D eigenvalue weighted by atomic mass is 9.97. The highest BCUT2D eigenvalue weighted by Gasteiger charge is 2.30. The van der Waals surface area contributed by atoms with Crippen molar-refractivity contribution in [3.8, 4) is 0 Å². The molecule has 27 heavy (non-hydrogen) atoms. The van der Waals surface area contributed by atoms with E-state index in [1.807, 2.05) is 11.3 Å². The van der Waals surface area contributed by atoms with Crippen LogP contribution in [0.2, 0.25) is 0 Å². The van der Waals surface area contributed by atoms with Gasteiger partial charge >= 0.3 is 0 Å². The number of rotatable bonds is 5. The van der Waals surface area contributed by atoms with Gasteiger partial charge in [0.25, 0.3) is 0 Å². The Morgan fingerprint density at radius 3 is 2.67 bits per heavy atom. The molecule has 1 atom stereocenters. The van der Waals surface area contributed by atoms with Gasteiger partial charge < -0.3 is 10.2 Å². The maximum absolute atomic E-state index is 5.05. The predicted octanol–water partition coefficient (Wildman–Crippen LogP) is 3.50. The molecule has 3 heterocycles. The summed E-state index contributed by atoms with van der Waals surface area (Å²) in [4.78, 5) is 17.8. The highest BCUT2D eigenvalue weighted by molar-refractivity contribution is 7.19. The summed E-state index contributed by atoms with van der Waals surface area (Å²) in [6.07, 6.45) is 7.57. The summed E-state index contributed by atoms with van der Waals surface area (Å²) in [6.45, 7) is 8.08. The zero-order chi connectivity index (χ0) is 18.4. The van der Waals surface area contributed by atoms with Crippen LogP contribution < -0.4 is 5.32 Å². The minimum Gasteiger partial charge on any atom is -0.366 e. The lowest BCUT2D eigenvalue weighted by Gasteiger charge is -2.34. The van der Waals surface area contributed by atoms with E-state index in [0.717, 1.165) is 18.2 Å². The number of piperazine rings is 1. The smallest absolute Gasteiger partial charge is 0.139 e. The third-order valence-corrected chi connectivity index (χ3v) is 7.47. The Morgan fingerprint density at radius 2 is 1.89 bits per heavy atom. The quantitative estimate of drug-likeness (QED) is 0.853. The Labute approximate surface area is 166 Å². The first kappa shape index (κ1) is 17.8. The Kier molecular flexibility index (Phi) is 4.82. The van der Waals surface area contributed by atoms with Crippen LogP contribution >= 0.6 is 11.3 Å². The van der Waals surface area contributed by atoms with Gasteiger partial charge in [-0.3, -0.25) is 4.90 Å². The van der Waals surface area contributed by atoms with Gasteiger partial charge in [0, 0.05) is 49.6 Å². The number of likely N-dealkylation sites (N-methyl/N-ethyl adjacent to an activating group) is 1. The first-order valence-electron chi connectivity index (χ1n) is 10.7. The maximum atomic E-state index is 5.05. The van der Waals surface area contributed by atoms with E-state index in [1.165, 1.54) is 80.5 Å². The molecule has 2 aromatic rings. The molecule has 6 heteroatoms. The zero-order valence-corrected chi connectivity index (χ0v) is 17.4. The summed E-state index contributed by atoms with van der Waals surface area (Å²) in [5, 5.41) is 5.14. The Hall–Kier alpha value is -1.24. The van der Waals surface area contributed by atoms with Crippen molar-refractivity contribution in [3.05, 3.63) is 16.3 Å². The van der Waals surface area contributed by atoms with Crippen molar-refractivity contribution in [2.75, 3.05) is 45.1 Å². The monoisotopic (exact) mass is 385 g/mol. The third kappa shape index (κ3) is 3.71. The molecular formula is C21H31N5S. The van der Waals surface area contributed by atoms with E-state index in [1.54, 1.807) is 4.88 Å². The molecule has 1 saturated carbocycles. The summed E-state index contributed by atoms with van der Waals surface area (Å²) < 4.78 is 0. The third-order valence-electron chi connectivity index (χ3n) is 6.29. The van der Waals surface area contributed by atoms with Crippen LogP contribution in [0.15, 0.2) is 0 Å². The summed E-state index contributed by atoms with van der Waals surface area (Å²) in [7, 11) is 2.22. The number of hydrogen-bond acceptors (Lipinski definition) is 6. The molecule has 1 unspecified atom stereocenters. The van der Waals surface area contributed by atoms with E-state index in [9.17, 15) is 0 Å².